The van der Waals surface area contributed by atoms with Crippen LogP contribution in [0.25, 0.3) is 0 Å². The summed E-state index contributed by atoms with van der Waals surface area (Å²) in [5, 5.41) is 0. The molecule has 0 atom stereocenters. The molecule has 2 aliphatic rings. The van der Waals surface area contributed by atoms with Crippen LogP contribution in [-0.2, 0) is 11.2 Å². The van der Waals surface area contributed by atoms with Gasteiger partial charge in [0.25, 0.3) is 0 Å². The number of nitrogens with zero attached hydrogens (tertiary/aromatic N) is 2. The number of ketones is 1. The molecule has 4 nitrogen and oxygen atoms in total. The molecule has 0 N–H and O–H groups in total. The van der Waals surface area contributed by atoms with E-state index in [1.165, 1.54) is 24.1 Å². The van der Waals surface area contributed by atoms with Crippen LogP contribution in [0.1, 0.15) is 48.0 Å². The molecule has 2 aliphatic heterocycles. The highest BCUT2D eigenvalue weighted by molar-refractivity contribution is 5.98. The number of carbonyl (C=O) groups is 2. The zero-order valence-corrected chi connectivity index (χ0v) is 15.7. The molecule has 1 saturated heterocycles. The van der Waals surface area contributed by atoms with E-state index < -0.39 is 0 Å². The second-order valence-corrected chi connectivity index (χ2v) is 7.45. The minimum atomic E-state index is 0.112. The van der Waals surface area contributed by atoms with Crippen LogP contribution in [0.5, 0.6) is 0 Å². The molecule has 27 heavy (non-hydrogen) atoms. The molecule has 2 heterocycles. The number of hydrogen-bond acceptors (Lipinski definition) is 3. The van der Waals surface area contributed by atoms with Crippen molar-refractivity contribution in [1.82, 2.24) is 0 Å². The van der Waals surface area contributed by atoms with Gasteiger partial charge in [0, 0.05) is 49.4 Å². The molecule has 2 aromatic rings. The van der Waals surface area contributed by atoms with E-state index in [0.29, 0.717) is 19.3 Å². The van der Waals surface area contributed by atoms with Crippen molar-refractivity contribution in [2.75, 3.05) is 29.4 Å². The highest BCUT2D eigenvalue weighted by Gasteiger charge is 2.25. The van der Waals surface area contributed by atoms with Gasteiger partial charge < -0.3 is 9.80 Å². The van der Waals surface area contributed by atoms with Gasteiger partial charge in [0.15, 0.2) is 5.78 Å². The summed E-state index contributed by atoms with van der Waals surface area (Å²) >= 11 is 0. The van der Waals surface area contributed by atoms with E-state index in [2.05, 4.69) is 23.1 Å². The summed E-state index contributed by atoms with van der Waals surface area (Å²) in [5.41, 5.74) is 4.34. The fourth-order valence-corrected chi connectivity index (χ4v) is 4.12. The summed E-state index contributed by atoms with van der Waals surface area (Å²) in [7, 11) is 0. The molecule has 0 radical (unpaired) electrons. The lowest BCUT2D eigenvalue weighted by atomic mass is 10.1. The molecule has 0 bridgehead atoms. The molecular weight excluding hydrogens is 336 g/mol. The Bertz CT molecular complexity index is 826. The topological polar surface area (TPSA) is 40.6 Å². The fourth-order valence-electron chi connectivity index (χ4n) is 4.12. The van der Waals surface area contributed by atoms with E-state index in [4.69, 9.17) is 0 Å². The van der Waals surface area contributed by atoms with Crippen molar-refractivity contribution < 1.29 is 9.59 Å². The molecule has 1 amide bonds. The van der Waals surface area contributed by atoms with Crippen molar-refractivity contribution >= 4 is 23.1 Å². The van der Waals surface area contributed by atoms with E-state index in [1.54, 1.807) is 0 Å². The average molecular weight is 362 g/mol. The summed E-state index contributed by atoms with van der Waals surface area (Å²) in [5.74, 6) is 0.240. The molecule has 0 saturated carbocycles. The lowest BCUT2D eigenvalue weighted by Gasteiger charge is -2.20. The maximum absolute atomic E-state index is 12.7. The van der Waals surface area contributed by atoms with E-state index >= 15 is 0 Å². The molecule has 4 rings (SSSR count). The van der Waals surface area contributed by atoms with Crippen LogP contribution in [0.3, 0.4) is 0 Å². The molecular formula is C23H26N2O2. The standard InChI is InChI=1S/C23H26N2O2/c26-22(18-7-2-1-3-8-18)9-6-10-23(27)25-16-13-19-17-20(11-12-21(19)25)24-14-4-5-15-24/h1-3,7-8,11-12,17H,4-6,9-10,13-16H2. The molecule has 4 heteroatoms. The van der Waals surface area contributed by atoms with Gasteiger partial charge in [-0.1, -0.05) is 30.3 Å². The minimum Gasteiger partial charge on any atom is -0.372 e. The number of benzene rings is 2. The molecule has 0 aromatic heterocycles. The smallest absolute Gasteiger partial charge is 0.227 e. The molecule has 0 spiro atoms. The monoisotopic (exact) mass is 362 g/mol. The van der Waals surface area contributed by atoms with Crippen LogP contribution in [0.15, 0.2) is 48.5 Å². The number of hydrogen-bond donors (Lipinski definition) is 0. The van der Waals surface area contributed by atoms with Crippen molar-refractivity contribution in [3.8, 4) is 0 Å². The van der Waals surface area contributed by atoms with Gasteiger partial charge in [0.2, 0.25) is 5.91 Å². The molecule has 2 aromatic carbocycles. The van der Waals surface area contributed by atoms with Gasteiger partial charge in [-0.15, -0.1) is 0 Å². The Morgan fingerprint density at radius 2 is 1.67 bits per heavy atom. The fraction of sp³-hybridized carbons (Fsp3) is 0.391. The third kappa shape index (κ3) is 3.90. The second kappa shape index (κ2) is 7.95. The summed E-state index contributed by atoms with van der Waals surface area (Å²) < 4.78 is 0. The molecule has 140 valence electrons. The third-order valence-electron chi connectivity index (χ3n) is 5.62. The van der Waals surface area contributed by atoms with Crippen LogP contribution in [-0.4, -0.2) is 31.3 Å². The second-order valence-electron chi connectivity index (χ2n) is 7.45. The lowest BCUT2D eigenvalue weighted by molar-refractivity contribution is -0.118. The van der Waals surface area contributed by atoms with E-state index in [0.717, 1.165) is 37.3 Å². The van der Waals surface area contributed by atoms with E-state index in [1.807, 2.05) is 35.2 Å². The molecule has 0 unspecified atom stereocenters. The Labute approximate surface area is 160 Å². The zero-order valence-electron chi connectivity index (χ0n) is 15.7. The lowest BCUT2D eigenvalue weighted by Crippen LogP contribution is -2.28. The van der Waals surface area contributed by atoms with E-state index in [9.17, 15) is 9.59 Å². The largest absolute Gasteiger partial charge is 0.372 e. The summed E-state index contributed by atoms with van der Waals surface area (Å²) in [4.78, 5) is 29.2. The Hall–Kier alpha value is -2.62. The highest BCUT2D eigenvalue weighted by atomic mass is 16.2. The average Bonchev–Trinajstić information content (AvgIpc) is 3.38. The third-order valence-corrected chi connectivity index (χ3v) is 5.62. The number of anilines is 2. The first kappa shape index (κ1) is 17.8. The predicted molar refractivity (Wildman–Crippen MR) is 109 cm³/mol. The van der Waals surface area contributed by atoms with Crippen molar-refractivity contribution in [2.45, 2.75) is 38.5 Å². The normalized spacial score (nSPS) is 15.9. The van der Waals surface area contributed by atoms with Gasteiger partial charge in [-0.25, -0.2) is 0 Å². The summed E-state index contributed by atoms with van der Waals surface area (Å²) in [6.45, 7) is 3.03. The number of carbonyl (C=O) groups excluding carboxylic acids is 2. The van der Waals surface area contributed by atoms with Crippen molar-refractivity contribution in [3.63, 3.8) is 0 Å². The Morgan fingerprint density at radius 3 is 2.44 bits per heavy atom. The van der Waals surface area contributed by atoms with Gasteiger partial charge in [0.05, 0.1) is 0 Å². The molecule has 1 fully saturated rings. The van der Waals surface area contributed by atoms with Crippen LogP contribution >= 0.6 is 0 Å². The van der Waals surface area contributed by atoms with Crippen molar-refractivity contribution in [3.05, 3.63) is 59.7 Å². The van der Waals surface area contributed by atoms with Gasteiger partial charge in [-0.3, -0.25) is 9.59 Å². The van der Waals surface area contributed by atoms with Gasteiger partial charge in [-0.2, -0.15) is 0 Å². The van der Waals surface area contributed by atoms with Gasteiger partial charge >= 0.3 is 0 Å². The highest BCUT2D eigenvalue weighted by Crippen LogP contribution is 2.33. The van der Waals surface area contributed by atoms with Gasteiger partial charge in [-0.05, 0) is 49.4 Å². The number of Topliss-reactive ketones (excluding diaryl/α,β-unsaturated/α-hetero) is 1. The summed E-state index contributed by atoms with van der Waals surface area (Å²) in [6.07, 6.45) is 4.90. The van der Waals surface area contributed by atoms with Crippen LogP contribution in [0.4, 0.5) is 11.4 Å². The van der Waals surface area contributed by atoms with Crippen LogP contribution < -0.4 is 9.80 Å². The Kier molecular flexibility index (Phi) is 5.23. The van der Waals surface area contributed by atoms with Gasteiger partial charge in [0.1, 0.15) is 0 Å². The summed E-state index contributed by atoms with van der Waals surface area (Å²) in [6, 6.07) is 15.8. The Morgan fingerprint density at radius 1 is 0.889 bits per heavy atom. The van der Waals surface area contributed by atoms with Crippen molar-refractivity contribution in [2.24, 2.45) is 0 Å². The van der Waals surface area contributed by atoms with Crippen molar-refractivity contribution in [1.29, 1.82) is 0 Å². The number of amides is 1. The predicted octanol–water partition coefficient (Wildman–Crippen LogP) is 4.23. The number of fused-ring (bicyclic) bond motifs is 1. The quantitative estimate of drug-likeness (QED) is 0.722. The first-order chi connectivity index (χ1) is 13.2. The SMILES string of the molecule is O=C(CCCC(=O)N1CCc2cc(N3CCCC3)ccc21)c1ccccc1. The van der Waals surface area contributed by atoms with Crippen LogP contribution in [0.2, 0.25) is 0 Å². The first-order valence-corrected chi connectivity index (χ1v) is 9.99. The number of rotatable bonds is 6. The Balaban J connectivity index is 1.33. The maximum Gasteiger partial charge on any atom is 0.227 e. The van der Waals surface area contributed by atoms with Crippen LogP contribution in [0, 0.1) is 0 Å². The minimum absolute atomic E-state index is 0.112. The zero-order chi connectivity index (χ0) is 18.6. The maximum atomic E-state index is 12.7. The molecule has 0 aliphatic carbocycles. The van der Waals surface area contributed by atoms with E-state index in [-0.39, 0.29) is 11.7 Å². The first-order valence-electron chi connectivity index (χ1n) is 9.99.